The molecule has 0 aliphatic rings. The molecule has 0 aliphatic heterocycles. The highest BCUT2D eigenvalue weighted by atomic mass is 35.5. The molecule has 9 heteroatoms. The molecule has 0 bridgehead atoms. The zero-order valence-electron chi connectivity index (χ0n) is 14.3. The van der Waals surface area contributed by atoms with E-state index in [1.807, 2.05) is 0 Å². The predicted molar refractivity (Wildman–Crippen MR) is 96.4 cm³/mol. The van der Waals surface area contributed by atoms with E-state index in [0.29, 0.717) is 16.5 Å². The first-order chi connectivity index (χ1) is 12.3. The van der Waals surface area contributed by atoms with E-state index < -0.39 is 16.9 Å². The van der Waals surface area contributed by atoms with Crippen LogP contribution in [0.25, 0.3) is 0 Å². The molecule has 0 radical (unpaired) electrons. The van der Waals surface area contributed by atoms with E-state index in [1.165, 1.54) is 39.3 Å². The van der Waals surface area contributed by atoms with E-state index in [0.717, 1.165) is 0 Å². The number of benzene rings is 2. The number of ether oxygens (including phenoxy) is 3. The molecule has 8 nitrogen and oxygen atoms in total. The van der Waals surface area contributed by atoms with E-state index >= 15 is 0 Å². The summed E-state index contributed by atoms with van der Waals surface area (Å²) >= 11 is 6.02. The van der Waals surface area contributed by atoms with Crippen LogP contribution in [0.5, 0.6) is 17.2 Å². The van der Waals surface area contributed by atoms with Crippen LogP contribution in [-0.2, 0) is 4.79 Å². The molecule has 26 heavy (non-hydrogen) atoms. The number of carbonyl (C=O) groups is 1. The van der Waals surface area contributed by atoms with Gasteiger partial charge in [-0.2, -0.15) is 0 Å². The number of nitrogens with one attached hydrogen (secondary N) is 1. The van der Waals surface area contributed by atoms with E-state index in [1.54, 1.807) is 18.2 Å². The number of non-ortho nitro benzene ring substituents is 1. The molecule has 0 unspecified atom stereocenters. The van der Waals surface area contributed by atoms with Gasteiger partial charge in [0.05, 0.1) is 30.2 Å². The van der Waals surface area contributed by atoms with E-state index in [9.17, 15) is 14.9 Å². The Balaban J connectivity index is 2.12. The fraction of sp³-hybridized carbons (Fsp3) is 0.235. The van der Waals surface area contributed by atoms with E-state index in [-0.39, 0.29) is 17.2 Å². The lowest BCUT2D eigenvalue weighted by Crippen LogP contribution is -2.30. The second-order valence-corrected chi connectivity index (χ2v) is 5.60. The Bertz CT molecular complexity index is 827. The van der Waals surface area contributed by atoms with Crippen LogP contribution in [0.1, 0.15) is 6.92 Å². The molecule has 0 heterocycles. The first kappa shape index (κ1) is 19.3. The summed E-state index contributed by atoms with van der Waals surface area (Å²) in [6.45, 7) is 1.51. The van der Waals surface area contributed by atoms with Gasteiger partial charge in [-0.1, -0.05) is 11.6 Å². The van der Waals surface area contributed by atoms with Crippen molar-refractivity contribution in [1.29, 1.82) is 0 Å². The Kier molecular flexibility index (Phi) is 6.24. The quantitative estimate of drug-likeness (QED) is 0.581. The lowest BCUT2D eigenvalue weighted by Gasteiger charge is -2.17. The normalized spacial score (nSPS) is 11.4. The highest BCUT2D eigenvalue weighted by Crippen LogP contribution is 2.32. The molecule has 1 atom stereocenters. The van der Waals surface area contributed by atoms with Gasteiger partial charge >= 0.3 is 0 Å². The Morgan fingerprint density at radius 2 is 1.77 bits per heavy atom. The van der Waals surface area contributed by atoms with Crippen LogP contribution >= 0.6 is 11.6 Å². The molecule has 138 valence electrons. The molecule has 0 saturated heterocycles. The van der Waals surface area contributed by atoms with Gasteiger partial charge in [0.1, 0.15) is 5.75 Å². The van der Waals surface area contributed by atoms with Crippen LogP contribution in [-0.4, -0.2) is 31.2 Å². The summed E-state index contributed by atoms with van der Waals surface area (Å²) in [5, 5.41) is 13.9. The number of hydrogen-bond acceptors (Lipinski definition) is 6. The van der Waals surface area contributed by atoms with E-state index in [2.05, 4.69) is 5.32 Å². The zero-order valence-corrected chi connectivity index (χ0v) is 15.1. The third-order valence-corrected chi connectivity index (χ3v) is 3.75. The van der Waals surface area contributed by atoms with Crippen molar-refractivity contribution in [1.82, 2.24) is 0 Å². The van der Waals surface area contributed by atoms with Crippen molar-refractivity contribution in [2.45, 2.75) is 13.0 Å². The van der Waals surface area contributed by atoms with Gasteiger partial charge in [0, 0.05) is 11.8 Å². The summed E-state index contributed by atoms with van der Waals surface area (Å²) in [7, 11) is 2.89. The van der Waals surface area contributed by atoms with Crippen LogP contribution in [0, 0.1) is 10.1 Å². The highest BCUT2D eigenvalue weighted by molar-refractivity contribution is 6.32. The van der Waals surface area contributed by atoms with Gasteiger partial charge in [0.2, 0.25) is 0 Å². The molecule has 0 saturated carbocycles. The third kappa shape index (κ3) is 4.54. The molecular formula is C17H17ClN2O6. The summed E-state index contributed by atoms with van der Waals surface area (Å²) in [5.41, 5.74) is 0.289. The lowest BCUT2D eigenvalue weighted by atomic mass is 10.2. The fourth-order valence-corrected chi connectivity index (χ4v) is 2.36. The number of rotatable bonds is 7. The largest absolute Gasteiger partial charge is 0.495 e. The number of methoxy groups -OCH3 is 2. The summed E-state index contributed by atoms with van der Waals surface area (Å²) in [6, 6.07) is 8.68. The number of nitrogens with zero attached hydrogens (tertiary/aromatic N) is 1. The number of amides is 1. The smallest absolute Gasteiger partial charge is 0.273 e. The average Bonchev–Trinajstić information content (AvgIpc) is 2.61. The number of anilines is 1. The Hall–Kier alpha value is -3.00. The van der Waals surface area contributed by atoms with Crippen LogP contribution in [0.2, 0.25) is 5.02 Å². The molecule has 0 spiro atoms. The molecule has 1 amide bonds. The molecular weight excluding hydrogens is 364 g/mol. The Labute approximate surface area is 154 Å². The van der Waals surface area contributed by atoms with Crippen molar-refractivity contribution in [3.8, 4) is 17.2 Å². The highest BCUT2D eigenvalue weighted by Gasteiger charge is 2.20. The van der Waals surface area contributed by atoms with Gasteiger partial charge in [-0.15, -0.1) is 0 Å². The van der Waals surface area contributed by atoms with Gasteiger partial charge in [-0.05, 0) is 31.2 Å². The first-order valence-electron chi connectivity index (χ1n) is 7.49. The minimum Gasteiger partial charge on any atom is -0.495 e. The molecule has 0 aromatic heterocycles. The minimum absolute atomic E-state index is 0.0945. The standard InChI is InChI=1S/C17H17ClN2O6/c1-10(17(21)19-11-4-6-14(24-2)13(18)8-11)26-16-9-12(20(22)23)5-7-15(16)25-3/h4-10H,1-3H3,(H,19,21)/t10-/m1/s1. The number of nitro benzene ring substituents is 1. The lowest BCUT2D eigenvalue weighted by molar-refractivity contribution is -0.385. The number of carbonyl (C=O) groups excluding carboxylic acids is 1. The maximum atomic E-state index is 12.3. The Morgan fingerprint density at radius 3 is 2.35 bits per heavy atom. The minimum atomic E-state index is -0.938. The SMILES string of the molecule is COc1ccc(NC(=O)[C@@H](C)Oc2cc([N+](=O)[O-])ccc2OC)cc1Cl. The number of hydrogen-bond donors (Lipinski definition) is 1. The molecule has 0 fully saturated rings. The van der Waals surface area contributed by atoms with Crippen molar-refractivity contribution in [2.24, 2.45) is 0 Å². The topological polar surface area (TPSA) is 99.9 Å². The van der Waals surface area contributed by atoms with E-state index in [4.69, 9.17) is 25.8 Å². The molecule has 2 rings (SSSR count). The maximum absolute atomic E-state index is 12.3. The number of nitro groups is 1. The summed E-state index contributed by atoms with van der Waals surface area (Å²) in [4.78, 5) is 22.7. The fourth-order valence-electron chi connectivity index (χ4n) is 2.10. The van der Waals surface area contributed by atoms with Gasteiger partial charge in [-0.3, -0.25) is 14.9 Å². The summed E-state index contributed by atoms with van der Waals surface area (Å²) in [6.07, 6.45) is -0.938. The third-order valence-electron chi connectivity index (χ3n) is 3.45. The van der Waals surface area contributed by atoms with Gasteiger partial charge in [-0.25, -0.2) is 0 Å². The molecule has 2 aromatic rings. The van der Waals surface area contributed by atoms with Crippen molar-refractivity contribution < 1.29 is 23.9 Å². The summed E-state index contributed by atoms with van der Waals surface area (Å²) < 4.78 is 15.7. The van der Waals surface area contributed by atoms with Crippen LogP contribution in [0.3, 0.4) is 0 Å². The number of halogens is 1. The summed E-state index contributed by atoms with van der Waals surface area (Å²) in [5.74, 6) is 0.398. The van der Waals surface area contributed by atoms with Crippen molar-refractivity contribution in [3.63, 3.8) is 0 Å². The zero-order chi connectivity index (χ0) is 19.3. The average molecular weight is 381 g/mol. The molecule has 0 aliphatic carbocycles. The predicted octanol–water partition coefficient (Wildman–Crippen LogP) is 3.67. The van der Waals surface area contributed by atoms with Gasteiger partial charge < -0.3 is 19.5 Å². The molecule has 2 aromatic carbocycles. The monoisotopic (exact) mass is 380 g/mol. The Morgan fingerprint density at radius 1 is 1.12 bits per heavy atom. The van der Waals surface area contributed by atoms with Crippen molar-refractivity contribution >= 4 is 28.9 Å². The van der Waals surface area contributed by atoms with Crippen LogP contribution < -0.4 is 19.5 Å². The maximum Gasteiger partial charge on any atom is 0.273 e. The molecule has 1 N–H and O–H groups in total. The van der Waals surface area contributed by atoms with Crippen LogP contribution in [0.4, 0.5) is 11.4 Å². The second kappa shape index (κ2) is 8.39. The first-order valence-corrected chi connectivity index (χ1v) is 7.87. The van der Waals surface area contributed by atoms with Gasteiger partial charge in [0.25, 0.3) is 11.6 Å². The van der Waals surface area contributed by atoms with Gasteiger partial charge in [0.15, 0.2) is 17.6 Å². The second-order valence-electron chi connectivity index (χ2n) is 5.19. The van der Waals surface area contributed by atoms with Crippen molar-refractivity contribution in [3.05, 3.63) is 51.5 Å². The van der Waals surface area contributed by atoms with Crippen LogP contribution in [0.15, 0.2) is 36.4 Å². The van der Waals surface area contributed by atoms with Crippen molar-refractivity contribution in [2.75, 3.05) is 19.5 Å².